The van der Waals surface area contributed by atoms with Crippen LogP contribution < -0.4 is 5.73 Å². The molecule has 2 aliphatic heterocycles. The standard InChI is InChI=1S/C13H19N5O/c1-3-8-11-12(17(2)16-8)18(13(14)15-11)9-6-7-4-5-10(9)19-7/h7,9-10H,3-6H2,1-2H3,(H2,14,15). The Morgan fingerprint density at radius 3 is 2.89 bits per heavy atom. The Hall–Kier alpha value is -1.56. The molecule has 4 heterocycles. The van der Waals surface area contributed by atoms with Crippen LogP contribution in [0.25, 0.3) is 11.2 Å². The first-order valence-electron chi connectivity index (χ1n) is 7.03. The number of nitrogens with two attached hydrogens (primary N) is 1. The highest BCUT2D eigenvalue weighted by atomic mass is 16.5. The molecule has 2 saturated heterocycles. The fourth-order valence-corrected chi connectivity index (χ4v) is 3.67. The molecule has 2 aromatic rings. The summed E-state index contributed by atoms with van der Waals surface area (Å²) in [6.45, 7) is 2.09. The molecule has 4 rings (SSSR count). The van der Waals surface area contributed by atoms with E-state index in [4.69, 9.17) is 10.5 Å². The van der Waals surface area contributed by atoms with Crippen LogP contribution in [-0.2, 0) is 18.2 Å². The molecule has 6 heteroatoms. The predicted molar refractivity (Wildman–Crippen MR) is 71.8 cm³/mol. The van der Waals surface area contributed by atoms with Crippen molar-refractivity contribution in [1.82, 2.24) is 19.3 Å². The molecule has 0 spiro atoms. The fraction of sp³-hybridized carbons (Fsp3) is 0.692. The lowest BCUT2D eigenvalue weighted by Gasteiger charge is -2.21. The van der Waals surface area contributed by atoms with Gasteiger partial charge in [0, 0.05) is 7.05 Å². The van der Waals surface area contributed by atoms with E-state index >= 15 is 0 Å². The second-order valence-electron chi connectivity index (χ2n) is 5.61. The van der Waals surface area contributed by atoms with Gasteiger partial charge in [0.25, 0.3) is 0 Å². The van der Waals surface area contributed by atoms with Crippen LogP contribution in [0.3, 0.4) is 0 Å². The van der Waals surface area contributed by atoms with E-state index in [1.807, 2.05) is 11.7 Å². The van der Waals surface area contributed by atoms with Crippen LogP contribution in [0.4, 0.5) is 5.95 Å². The Bertz CT molecular complexity index is 643. The Morgan fingerprint density at radius 2 is 2.26 bits per heavy atom. The summed E-state index contributed by atoms with van der Waals surface area (Å²) < 4.78 is 10.0. The van der Waals surface area contributed by atoms with Crippen LogP contribution in [0.5, 0.6) is 0 Å². The minimum Gasteiger partial charge on any atom is -0.373 e. The maximum absolute atomic E-state index is 6.16. The van der Waals surface area contributed by atoms with Crippen molar-refractivity contribution in [3.8, 4) is 0 Å². The van der Waals surface area contributed by atoms with E-state index in [-0.39, 0.29) is 0 Å². The molecule has 3 unspecified atom stereocenters. The lowest BCUT2D eigenvalue weighted by atomic mass is 9.95. The van der Waals surface area contributed by atoms with E-state index in [1.54, 1.807) is 0 Å². The van der Waals surface area contributed by atoms with Crippen molar-refractivity contribution in [1.29, 1.82) is 0 Å². The van der Waals surface area contributed by atoms with Crippen LogP contribution in [-0.4, -0.2) is 31.5 Å². The van der Waals surface area contributed by atoms with E-state index in [0.29, 0.717) is 24.2 Å². The van der Waals surface area contributed by atoms with Crippen molar-refractivity contribution in [3.05, 3.63) is 5.69 Å². The third-order valence-electron chi connectivity index (χ3n) is 4.50. The summed E-state index contributed by atoms with van der Waals surface area (Å²) in [5.74, 6) is 0.596. The lowest BCUT2D eigenvalue weighted by molar-refractivity contribution is 0.0944. The van der Waals surface area contributed by atoms with E-state index in [1.165, 1.54) is 6.42 Å². The Balaban J connectivity index is 1.89. The van der Waals surface area contributed by atoms with Crippen molar-refractivity contribution in [2.45, 2.75) is 50.9 Å². The number of hydrogen-bond donors (Lipinski definition) is 1. The highest BCUT2D eigenvalue weighted by Crippen LogP contribution is 2.43. The van der Waals surface area contributed by atoms with Gasteiger partial charge >= 0.3 is 0 Å². The molecule has 0 aromatic carbocycles. The molecule has 0 aliphatic carbocycles. The van der Waals surface area contributed by atoms with Crippen molar-refractivity contribution in [2.24, 2.45) is 7.05 Å². The van der Waals surface area contributed by atoms with Gasteiger partial charge in [-0.1, -0.05) is 6.92 Å². The van der Waals surface area contributed by atoms with Gasteiger partial charge < -0.3 is 10.5 Å². The van der Waals surface area contributed by atoms with Crippen LogP contribution in [0.1, 0.15) is 37.9 Å². The van der Waals surface area contributed by atoms with Crippen LogP contribution in [0, 0.1) is 0 Å². The van der Waals surface area contributed by atoms with Crippen molar-refractivity contribution in [2.75, 3.05) is 5.73 Å². The zero-order chi connectivity index (χ0) is 13.1. The zero-order valence-electron chi connectivity index (χ0n) is 11.3. The van der Waals surface area contributed by atoms with Gasteiger partial charge in [-0.05, 0) is 25.7 Å². The van der Waals surface area contributed by atoms with Gasteiger partial charge in [0.1, 0.15) is 5.52 Å². The number of fused-ring (bicyclic) bond motifs is 3. The number of nitrogens with zero attached hydrogens (tertiary/aromatic N) is 4. The van der Waals surface area contributed by atoms with Gasteiger partial charge in [-0.2, -0.15) is 5.10 Å². The van der Waals surface area contributed by atoms with Gasteiger partial charge in [-0.25, -0.2) is 4.98 Å². The first-order valence-corrected chi connectivity index (χ1v) is 7.03. The summed E-state index contributed by atoms with van der Waals surface area (Å²) in [6, 6.07) is 0.323. The SMILES string of the molecule is CCc1nn(C)c2c1nc(N)n2C1CC2CCC1O2. The van der Waals surface area contributed by atoms with Gasteiger partial charge in [0.2, 0.25) is 5.95 Å². The van der Waals surface area contributed by atoms with E-state index < -0.39 is 0 Å². The Kier molecular flexibility index (Phi) is 2.21. The first kappa shape index (κ1) is 11.3. The molecule has 0 radical (unpaired) electrons. The minimum atomic E-state index is 0.296. The highest BCUT2D eigenvalue weighted by Gasteiger charge is 2.43. The van der Waals surface area contributed by atoms with E-state index in [2.05, 4.69) is 21.6 Å². The summed E-state index contributed by atoms with van der Waals surface area (Å²) in [4.78, 5) is 4.53. The van der Waals surface area contributed by atoms with E-state index in [0.717, 1.165) is 36.1 Å². The molecule has 0 amide bonds. The van der Waals surface area contributed by atoms with Crippen LogP contribution >= 0.6 is 0 Å². The molecular formula is C13H19N5O. The molecule has 0 saturated carbocycles. The molecule has 2 fully saturated rings. The van der Waals surface area contributed by atoms with Gasteiger partial charge in [0.05, 0.1) is 23.9 Å². The minimum absolute atomic E-state index is 0.296. The second kappa shape index (κ2) is 3.72. The summed E-state index contributed by atoms with van der Waals surface area (Å²) >= 11 is 0. The van der Waals surface area contributed by atoms with Crippen molar-refractivity contribution < 1.29 is 4.74 Å². The van der Waals surface area contributed by atoms with Gasteiger partial charge in [0.15, 0.2) is 5.65 Å². The molecule has 2 aliphatic rings. The summed E-state index contributed by atoms with van der Waals surface area (Å²) in [6.07, 6.45) is 4.95. The smallest absolute Gasteiger partial charge is 0.202 e. The average molecular weight is 261 g/mol. The summed E-state index contributed by atoms with van der Waals surface area (Å²) in [5, 5.41) is 4.54. The Morgan fingerprint density at radius 1 is 1.42 bits per heavy atom. The molecule has 2 N–H and O–H groups in total. The van der Waals surface area contributed by atoms with Crippen LogP contribution in [0.2, 0.25) is 0 Å². The molecular weight excluding hydrogens is 242 g/mol. The zero-order valence-corrected chi connectivity index (χ0v) is 11.3. The normalized spacial score (nSPS) is 29.7. The monoisotopic (exact) mass is 261 g/mol. The average Bonchev–Trinajstić information content (AvgIpc) is 3.11. The van der Waals surface area contributed by atoms with Gasteiger partial charge in [-0.3, -0.25) is 9.25 Å². The number of nitrogen functional groups attached to an aromatic ring is 1. The van der Waals surface area contributed by atoms with E-state index in [9.17, 15) is 0 Å². The number of aromatic nitrogens is 4. The topological polar surface area (TPSA) is 70.9 Å². The summed E-state index contributed by atoms with van der Waals surface area (Å²) in [7, 11) is 1.97. The number of imidazole rings is 1. The highest BCUT2D eigenvalue weighted by molar-refractivity contribution is 5.78. The molecule has 2 aromatic heterocycles. The summed E-state index contributed by atoms with van der Waals surface area (Å²) in [5.41, 5.74) is 9.16. The van der Waals surface area contributed by atoms with Crippen LogP contribution in [0.15, 0.2) is 0 Å². The lowest BCUT2D eigenvalue weighted by Crippen LogP contribution is -2.23. The number of aryl methyl sites for hydroxylation is 2. The predicted octanol–water partition coefficient (Wildman–Crippen LogP) is 1.41. The fourth-order valence-electron chi connectivity index (χ4n) is 3.67. The maximum atomic E-state index is 6.16. The largest absolute Gasteiger partial charge is 0.373 e. The molecule has 6 nitrogen and oxygen atoms in total. The molecule has 102 valence electrons. The van der Waals surface area contributed by atoms with Crippen molar-refractivity contribution in [3.63, 3.8) is 0 Å². The molecule has 2 bridgehead atoms. The number of rotatable bonds is 2. The van der Waals surface area contributed by atoms with Crippen molar-refractivity contribution >= 4 is 17.1 Å². The number of hydrogen-bond acceptors (Lipinski definition) is 4. The maximum Gasteiger partial charge on any atom is 0.202 e. The van der Waals surface area contributed by atoms with Gasteiger partial charge in [-0.15, -0.1) is 0 Å². The number of anilines is 1. The molecule has 3 atom stereocenters. The third kappa shape index (κ3) is 1.40. The quantitative estimate of drug-likeness (QED) is 0.887. The number of ether oxygens (including phenoxy) is 1. The first-order chi connectivity index (χ1) is 9.19. The second-order valence-corrected chi connectivity index (χ2v) is 5.61. The molecule has 19 heavy (non-hydrogen) atoms. The third-order valence-corrected chi connectivity index (χ3v) is 4.50. The Labute approximate surface area is 111 Å².